The molecule has 6 heteroatoms. The third kappa shape index (κ3) is 4.34. The molecule has 102 valence electrons. The predicted molar refractivity (Wildman–Crippen MR) is 74.5 cm³/mol. The van der Waals surface area contributed by atoms with Gasteiger partial charge in [-0.15, -0.1) is 0 Å². The molecule has 2 rings (SSSR count). The van der Waals surface area contributed by atoms with E-state index in [1.807, 2.05) is 6.07 Å². The Morgan fingerprint density at radius 2 is 2.21 bits per heavy atom. The Balaban J connectivity index is 1.97. The van der Waals surface area contributed by atoms with Crippen LogP contribution in [-0.2, 0) is 12.8 Å². The minimum atomic E-state index is -0.238. The molecule has 1 atom stereocenters. The van der Waals surface area contributed by atoms with Crippen molar-refractivity contribution >= 4 is 11.5 Å². The number of aromatic nitrogens is 2. The van der Waals surface area contributed by atoms with Crippen LogP contribution in [0, 0.1) is 5.82 Å². The van der Waals surface area contributed by atoms with E-state index in [1.54, 1.807) is 6.07 Å². The van der Waals surface area contributed by atoms with Gasteiger partial charge < -0.3 is 11.5 Å². The Hall–Kier alpha value is -1.37. The maximum atomic E-state index is 13.1. The first-order valence-corrected chi connectivity index (χ1v) is 6.96. The van der Waals surface area contributed by atoms with Crippen molar-refractivity contribution < 1.29 is 4.39 Å². The largest absolute Gasteiger partial charge is 0.330 e. The van der Waals surface area contributed by atoms with Crippen molar-refractivity contribution in [2.75, 3.05) is 6.54 Å². The van der Waals surface area contributed by atoms with E-state index >= 15 is 0 Å². The molecule has 0 radical (unpaired) electrons. The van der Waals surface area contributed by atoms with Crippen LogP contribution in [0.5, 0.6) is 0 Å². The topological polar surface area (TPSA) is 77.8 Å². The fraction of sp³-hybridized carbons (Fsp3) is 0.385. The van der Waals surface area contributed by atoms with Gasteiger partial charge in [-0.1, -0.05) is 12.1 Å². The molecule has 1 aromatic carbocycles. The summed E-state index contributed by atoms with van der Waals surface area (Å²) in [6.07, 6.45) is 2.01. The minimum absolute atomic E-state index is 0.0277. The summed E-state index contributed by atoms with van der Waals surface area (Å²) in [5, 5.41) is 0.910. The SMILES string of the molecule is NCCC(N)Cc1nc(Cc2cccc(F)c2)ns1. The lowest BCUT2D eigenvalue weighted by molar-refractivity contribution is 0.616. The average molecular weight is 280 g/mol. The average Bonchev–Trinajstić information content (AvgIpc) is 2.76. The van der Waals surface area contributed by atoms with Gasteiger partial charge in [-0.25, -0.2) is 9.37 Å². The second-order valence-corrected chi connectivity index (χ2v) is 5.29. The van der Waals surface area contributed by atoms with Crippen LogP contribution >= 0.6 is 11.5 Å². The summed E-state index contributed by atoms with van der Waals surface area (Å²) in [4.78, 5) is 4.42. The van der Waals surface area contributed by atoms with E-state index in [4.69, 9.17) is 11.5 Å². The van der Waals surface area contributed by atoms with Crippen LogP contribution in [0.25, 0.3) is 0 Å². The summed E-state index contributed by atoms with van der Waals surface area (Å²) < 4.78 is 17.3. The van der Waals surface area contributed by atoms with Gasteiger partial charge in [0.05, 0.1) is 0 Å². The Kier molecular flexibility index (Phi) is 4.95. The van der Waals surface area contributed by atoms with Crippen LogP contribution in [0.3, 0.4) is 0 Å². The van der Waals surface area contributed by atoms with Gasteiger partial charge >= 0.3 is 0 Å². The molecule has 4 N–H and O–H groups in total. The number of halogens is 1. The fourth-order valence-electron chi connectivity index (χ4n) is 1.81. The molecule has 0 spiro atoms. The lowest BCUT2D eigenvalue weighted by atomic mass is 10.1. The maximum Gasteiger partial charge on any atom is 0.146 e. The van der Waals surface area contributed by atoms with Gasteiger partial charge in [0, 0.05) is 18.9 Å². The van der Waals surface area contributed by atoms with Crippen molar-refractivity contribution in [3.05, 3.63) is 46.5 Å². The van der Waals surface area contributed by atoms with E-state index in [1.165, 1.54) is 23.7 Å². The molecule has 1 aromatic heterocycles. The van der Waals surface area contributed by atoms with Crippen LogP contribution in [0.4, 0.5) is 4.39 Å². The van der Waals surface area contributed by atoms with Crippen molar-refractivity contribution in [3.8, 4) is 0 Å². The molecule has 0 saturated heterocycles. The first-order chi connectivity index (χ1) is 9.17. The van der Waals surface area contributed by atoms with Gasteiger partial charge in [-0.05, 0) is 42.2 Å². The molecular formula is C13H17FN4S. The molecule has 2 aromatic rings. The highest BCUT2D eigenvalue weighted by Gasteiger charge is 2.09. The second kappa shape index (κ2) is 6.70. The van der Waals surface area contributed by atoms with Crippen LogP contribution in [0.15, 0.2) is 24.3 Å². The van der Waals surface area contributed by atoms with E-state index in [0.717, 1.165) is 17.0 Å². The fourth-order valence-corrected chi connectivity index (χ4v) is 2.57. The second-order valence-electron chi connectivity index (χ2n) is 4.45. The van der Waals surface area contributed by atoms with Gasteiger partial charge in [0.1, 0.15) is 16.6 Å². The number of nitrogens with zero attached hydrogens (tertiary/aromatic N) is 2. The Morgan fingerprint density at radius 1 is 1.37 bits per heavy atom. The van der Waals surface area contributed by atoms with E-state index in [2.05, 4.69) is 9.36 Å². The maximum absolute atomic E-state index is 13.1. The zero-order valence-electron chi connectivity index (χ0n) is 10.6. The normalized spacial score (nSPS) is 12.6. The molecule has 1 unspecified atom stereocenters. The molecule has 0 aliphatic rings. The summed E-state index contributed by atoms with van der Waals surface area (Å²) in [6.45, 7) is 0.579. The Labute approximate surface area is 115 Å². The van der Waals surface area contributed by atoms with E-state index in [-0.39, 0.29) is 11.9 Å². The zero-order valence-corrected chi connectivity index (χ0v) is 11.4. The van der Waals surface area contributed by atoms with E-state index in [0.29, 0.717) is 25.2 Å². The third-order valence-electron chi connectivity index (χ3n) is 2.74. The van der Waals surface area contributed by atoms with Crippen molar-refractivity contribution in [3.63, 3.8) is 0 Å². The standard InChI is InChI=1S/C13H17FN4S/c14-10-3-1-2-9(6-10)7-12-17-13(19-18-12)8-11(16)4-5-15/h1-3,6,11H,4-5,7-8,15-16H2. The van der Waals surface area contributed by atoms with Gasteiger partial charge in [0.2, 0.25) is 0 Å². The molecule has 0 aliphatic heterocycles. The number of nitrogens with two attached hydrogens (primary N) is 2. The summed E-state index contributed by atoms with van der Waals surface area (Å²) >= 11 is 1.35. The molecule has 19 heavy (non-hydrogen) atoms. The number of benzene rings is 1. The number of rotatable bonds is 6. The zero-order chi connectivity index (χ0) is 13.7. The molecular weight excluding hydrogens is 263 g/mol. The molecule has 0 bridgehead atoms. The lowest BCUT2D eigenvalue weighted by Crippen LogP contribution is -2.25. The minimum Gasteiger partial charge on any atom is -0.330 e. The van der Waals surface area contributed by atoms with E-state index in [9.17, 15) is 4.39 Å². The van der Waals surface area contributed by atoms with Crippen LogP contribution in [-0.4, -0.2) is 21.9 Å². The van der Waals surface area contributed by atoms with Crippen molar-refractivity contribution in [1.82, 2.24) is 9.36 Å². The smallest absolute Gasteiger partial charge is 0.146 e. The van der Waals surface area contributed by atoms with Crippen molar-refractivity contribution in [2.24, 2.45) is 11.5 Å². The van der Waals surface area contributed by atoms with E-state index < -0.39 is 0 Å². The number of hydrogen-bond acceptors (Lipinski definition) is 5. The Bertz CT molecular complexity index is 529. The summed E-state index contributed by atoms with van der Waals surface area (Å²) in [5.74, 6) is 0.475. The highest BCUT2D eigenvalue weighted by Crippen LogP contribution is 2.13. The summed E-state index contributed by atoms with van der Waals surface area (Å²) in [5.41, 5.74) is 12.2. The lowest BCUT2D eigenvalue weighted by Gasteiger charge is -2.06. The summed E-state index contributed by atoms with van der Waals surface area (Å²) in [6, 6.07) is 6.51. The molecule has 4 nitrogen and oxygen atoms in total. The highest BCUT2D eigenvalue weighted by molar-refractivity contribution is 7.05. The van der Waals surface area contributed by atoms with Crippen molar-refractivity contribution in [1.29, 1.82) is 0 Å². The van der Waals surface area contributed by atoms with Crippen molar-refractivity contribution in [2.45, 2.75) is 25.3 Å². The number of hydrogen-bond donors (Lipinski definition) is 2. The first kappa shape index (κ1) is 14.0. The molecule has 0 aliphatic carbocycles. The quantitative estimate of drug-likeness (QED) is 0.840. The summed E-state index contributed by atoms with van der Waals surface area (Å²) in [7, 11) is 0. The monoisotopic (exact) mass is 280 g/mol. The third-order valence-corrected chi connectivity index (χ3v) is 3.51. The first-order valence-electron chi connectivity index (χ1n) is 6.19. The Morgan fingerprint density at radius 3 is 2.95 bits per heavy atom. The van der Waals surface area contributed by atoms with Crippen LogP contribution < -0.4 is 11.5 Å². The molecule has 1 heterocycles. The van der Waals surface area contributed by atoms with Gasteiger partial charge in [-0.2, -0.15) is 4.37 Å². The van der Waals surface area contributed by atoms with Gasteiger partial charge in [-0.3, -0.25) is 0 Å². The molecule has 0 amide bonds. The van der Waals surface area contributed by atoms with Gasteiger partial charge in [0.15, 0.2) is 0 Å². The molecule has 0 saturated carbocycles. The predicted octanol–water partition coefficient (Wildman–Crippen LogP) is 1.49. The van der Waals surface area contributed by atoms with Gasteiger partial charge in [0.25, 0.3) is 0 Å². The van der Waals surface area contributed by atoms with Crippen LogP contribution in [0.2, 0.25) is 0 Å². The van der Waals surface area contributed by atoms with Crippen LogP contribution in [0.1, 0.15) is 22.8 Å². The molecule has 0 fully saturated rings. The highest BCUT2D eigenvalue weighted by atomic mass is 32.1.